The van der Waals surface area contributed by atoms with Crippen LogP contribution in [-0.2, 0) is 16.1 Å². The number of nitrogens with zero attached hydrogens (tertiary/aromatic N) is 5. The van der Waals surface area contributed by atoms with Crippen molar-refractivity contribution in [3.05, 3.63) is 65.3 Å². The quantitative estimate of drug-likeness (QED) is 0.581. The van der Waals surface area contributed by atoms with Gasteiger partial charge in [-0.1, -0.05) is 48.8 Å². The molecule has 1 aromatic carbocycles. The predicted molar refractivity (Wildman–Crippen MR) is 129 cm³/mol. The molecule has 2 aliphatic heterocycles. The van der Waals surface area contributed by atoms with E-state index in [1.807, 2.05) is 13.0 Å². The number of carbonyl (C=O) groups is 1. The van der Waals surface area contributed by atoms with Crippen LogP contribution in [0.2, 0.25) is 0 Å². The van der Waals surface area contributed by atoms with Crippen molar-refractivity contribution >= 4 is 17.5 Å². The van der Waals surface area contributed by atoms with Crippen LogP contribution < -0.4 is 4.90 Å². The van der Waals surface area contributed by atoms with Gasteiger partial charge >= 0.3 is 5.82 Å². The highest BCUT2D eigenvalue weighted by Gasteiger charge is 2.43. The summed E-state index contributed by atoms with van der Waals surface area (Å²) in [7, 11) is 0. The maximum absolute atomic E-state index is 13.9. The Hall–Kier alpha value is -2.86. The number of amides is 1. The van der Waals surface area contributed by atoms with E-state index in [0.717, 1.165) is 45.6 Å². The zero-order chi connectivity index (χ0) is 24.0. The molecule has 0 atom stereocenters. The Morgan fingerprint density at radius 3 is 2.50 bits per heavy atom. The summed E-state index contributed by atoms with van der Waals surface area (Å²) in [5, 5.41) is 0. The van der Waals surface area contributed by atoms with Crippen LogP contribution in [0.3, 0.4) is 0 Å². The fourth-order valence-electron chi connectivity index (χ4n) is 4.98. The van der Waals surface area contributed by atoms with Gasteiger partial charge in [0, 0.05) is 70.5 Å². The lowest BCUT2D eigenvalue weighted by atomic mass is 9.86. The lowest BCUT2D eigenvalue weighted by Gasteiger charge is -2.51. The van der Waals surface area contributed by atoms with Gasteiger partial charge in [-0.25, -0.2) is 4.39 Å². The van der Waals surface area contributed by atoms with Gasteiger partial charge < -0.3 is 9.58 Å². The molecule has 0 spiro atoms. The minimum absolute atomic E-state index is 0.0800. The second-order valence-electron chi connectivity index (χ2n) is 9.01. The Balaban J connectivity index is 1.53. The molecule has 2 fully saturated rings. The van der Waals surface area contributed by atoms with E-state index in [1.54, 1.807) is 4.90 Å². The van der Waals surface area contributed by atoms with Gasteiger partial charge in [0.25, 0.3) is 0 Å². The smallest absolute Gasteiger partial charge is 0.307 e. The number of halogens is 1. The Kier molecular flexibility index (Phi) is 7.88. The number of rotatable bonds is 7. The van der Waals surface area contributed by atoms with Crippen molar-refractivity contribution in [3.8, 4) is 0 Å². The van der Waals surface area contributed by atoms with Gasteiger partial charge in [-0.15, -0.1) is 0 Å². The van der Waals surface area contributed by atoms with Crippen LogP contribution in [0.25, 0.3) is 4.85 Å². The van der Waals surface area contributed by atoms with E-state index in [4.69, 9.17) is 11.3 Å². The first-order valence-electron chi connectivity index (χ1n) is 12.0. The summed E-state index contributed by atoms with van der Waals surface area (Å²) in [6, 6.07) is 13.2. The number of piperazine rings is 1. The fraction of sp³-hybridized carbons (Fsp3) is 0.500. The number of benzene rings is 1. The molecule has 34 heavy (non-hydrogen) atoms. The fourth-order valence-corrected chi connectivity index (χ4v) is 4.98. The standard InChI is InChI=1S/C26H32FN5O2/c1-3-24(33)32(23-10-9-22(27)25(28-2)29-23)20-26(11-17-34-18-12-26)31-15-13-30(14-16-31)19-21-7-5-4-6-8-21/h4-10H,3,11-20H2,1H3. The molecule has 0 N–H and O–H groups in total. The second kappa shape index (κ2) is 11.0. The van der Waals surface area contributed by atoms with Crippen molar-refractivity contribution in [1.82, 2.24) is 14.8 Å². The third kappa shape index (κ3) is 5.44. The first-order valence-corrected chi connectivity index (χ1v) is 12.0. The Morgan fingerprint density at radius 1 is 1.15 bits per heavy atom. The molecule has 0 aliphatic carbocycles. The number of aromatic nitrogens is 1. The average molecular weight is 466 g/mol. The summed E-state index contributed by atoms with van der Waals surface area (Å²) < 4.78 is 19.6. The van der Waals surface area contributed by atoms with Crippen molar-refractivity contribution in [2.75, 3.05) is 50.8 Å². The van der Waals surface area contributed by atoms with Gasteiger partial charge in [-0.05, 0) is 24.5 Å². The van der Waals surface area contributed by atoms with Gasteiger partial charge in [0.1, 0.15) is 5.82 Å². The third-order valence-corrected chi connectivity index (χ3v) is 6.97. The molecule has 0 saturated carbocycles. The number of hydrogen-bond acceptors (Lipinski definition) is 5. The Bertz CT molecular complexity index is 1010. The number of ether oxygens (including phenoxy) is 1. The lowest BCUT2D eigenvalue weighted by molar-refractivity contribution is -0.119. The van der Waals surface area contributed by atoms with Crippen LogP contribution in [0.5, 0.6) is 0 Å². The molecule has 4 rings (SSSR count). The predicted octanol–water partition coefficient (Wildman–Crippen LogP) is 3.88. The molecule has 2 aliphatic rings. The minimum atomic E-state index is -0.669. The van der Waals surface area contributed by atoms with Gasteiger partial charge in [0.15, 0.2) is 0 Å². The summed E-state index contributed by atoms with van der Waals surface area (Å²) in [4.78, 5) is 27.0. The summed E-state index contributed by atoms with van der Waals surface area (Å²) in [6.07, 6.45) is 1.94. The number of pyridine rings is 1. The largest absolute Gasteiger partial charge is 0.381 e. The minimum Gasteiger partial charge on any atom is -0.381 e. The first-order chi connectivity index (χ1) is 16.5. The molecule has 2 saturated heterocycles. The van der Waals surface area contributed by atoms with Crippen LogP contribution >= 0.6 is 0 Å². The van der Waals surface area contributed by atoms with E-state index in [1.165, 1.54) is 17.7 Å². The van der Waals surface area contributed by atoms with Crippen LogP contribution in [0, 0.1) is 12.4 Å². The number of carbonyl (C=O) groups excluding carboxylic acids is 1. The molecular weight excluding hydrogens is 433 g/mol. The second-order valence-corrected chi connectivity index (χ2v) is 9.01. The maximum Gasteiger partial charge on any atom is 0.307 e. The van der Waals surface area contributed by atoms with E-state index in [0.29, 0.717) is 32.0 Å². The summed E-state index contributed by atoms with van der Waals surface area (Å²) >= 11 is 0. The zero-order valence-corrected chi connectivity index (χ0v) is 19.8. The molecule has 180 valence electrons. The van der Waals surface area contributed by atoms with Crippen molar-refractivity contribution < 1.29 is 13.9 Å². The maximum atomic E-state index is 13.9. The highest BCUT2D eigenvalue weighted by atomic mass is 19.1. The van der Waals surface area contributed by atoms with Crippen LogP contribution in [-0.4, -0.2) is 72.2 Å². The topological polar surface area (TPSA) is 53.3 Å². The molecule has 2 aromatic rings. The average Bonchev–Trinajstić information content (AvgIpc) is 2.89. The number of hydrogen-bond donors (Lipinski definition) is 0. The Labute approximate surface area is 200 Å². The molecule has 3 heterocycles. The van der Waals surface area contributed by atoms with Gasteiger partial charge in [-0.2, -0.15) is 0 Å². The van der Waals surface area contributed by atoms with Crippen molar-refractivity contribution in [3.63, 3.8) is 0 Å². The summed E-state index contributed by atoms with van der Waals surface area (Å²) in [6.45, 7) is 15.4. The van der Waals surface area contributed by atoms with Crippen molar-refractivity contribution in [2.24, 2.45) is 0 Å². The van der Waals surface area contributed by atoms with Crippen LogP contribution in [0.1, 0.15) is 31.7 Å². The molecule has 8 heteroatoms. The zero-order valence-electron chi connectivity index (χ0n) is 19.8. The SMILES string of the molecule is [C-]#[N+]c1nc(N(CC2(N3CCN(Cc4ccccc4)CC3)CCOCC2)C(=O)CC)ccc1F. The Morgan fingerprint density at radius 2 is 1.85 bits per heavy atom. The van der Waals surface area contributed by atoms with Crippen molar-refractivity contribution in [1.29, 1.82) is 0 Å². The molecule has 0 unspecified atom stereocenters. The summed E-state index contributed by atoms with van der Waals surface area (Å²) in [5.74, 6) is -0.712. The highest BCUT2D eigenvalue weighted by molar-refractivity contribution is 5.92. The first kappa shape index (κ1) is 24.3. The molecule has 1 aromatic heterocycles. The molecule has 0 radical (unpaired) electrons. The molecule has 0 bridgehead atoms. The van der Waals surface area contributed by atoms with E-state index in [-0.39, 0.29) is 17.3 Å². The van der Waals surface area contributed by atoms with Crippen LogP contribution in [0.4, 0.5) is 16.0 Å². The van der Waals surface area contributed by atoms with Gasteiger partial charge in [0.2, 0.25) is 11.7 Å². The normalized spacial score (nSPS) is 18.9. The molecule has 7 nitrogen and oxygen atoms in total. The van der Waals surface area contributed by atoms with Crippen molar-refractivity contribution in [2.45, 2.75) is 38.3 Å². The highest BCUT2D eigenvalue weighted by Crippen LogP contribution is 2.33. The number of anilines is 1. The van der Waals surface area contributed by atoms with E-state index < -0.39 is 5.82 Å². The monoisotopic (exact) mass is 465 g/mol. The van der Waals surface area contributed by atoms with E-state index in [2.05, 4.69) is 43.9 Å². The summed E-state index contributed by atoms with van der Waals surface area (Å²) in [5.41, 5.74) is 1.07. The van der Waals surface area contributed by atoms with Gasteiger partial charge in [-0.3, -0.25) is 19.5 Å². The van der Waals surface area contributed by atoms with E-state index >= 15 is 0 Å². The van der Waals surface area contributed by atoms with E-state index in [9.17, 15) is 9.18 Å². The molecular formula is C26H32FN5O2. The van der Waals surface area contributed by atoms with Crippen LogP contribution in [0.15, 0.2) is 42.5 Å². The third-order valence-electron chi connectivity index (χ3n) is 6.97. The van der Waals surface area contributed by atoms with Gasteiger partial charge in [0.05, 0.1) is 0 Å². The lowest BCUT2D eigenvalue weighted by Crippen LogP contribution is -2.63. The molecule has 1 amide bonds.